The molecule has 0 radical (unpaired) electrons. The predicted octanol–water partition coefficient (Wildman–Crippen LogP) is 0.228. The average molecular weight is 102 g/mol. The van der Waals surface area contributed by atoms with Gasteiger partial charge in [0.05, 0.1) is 0 Å². The van der Waals surface area contributed by atoms with Crippen molar-refractivity contribution in [3.8, 4) is 0 Å². The van der Waals surface area contributed by atoms with Crippen LogP contribution in [0.5, 0.6) is 0 Å². The summed E-state index contributed by atoms with van der Waals surface area (Å²) in [6.07, 6.45) is -1.43. The summed E-state index contributed by atoms with van der Waals surface area (Å²) < 4.78 is 0. The summed E-state index contributed by atoms with van der Waals surface area (Å²) in [5.74, 6) is 0. The van der Waals surface area contributed by atoms with Crippen LogP contribution in [-0.4, -0.2) is 22.4 Å². The molecule has 7 heavy (non-hydrogen) atoms. The Hall–Kier alpha value is -1.35. The Bertz CT molecular complexity index is 123. The van der Waals surface area contributed by atoms with Gasteiger partial charge < -0.3 is 10.3 Å². The van der Waals surface area contributed by atoms with Crippen LogP contribution in [0.2, 0.25) is 0 Å². The fraction of sp³-hybridized carbons (Fsp3) is 0. The second-order valence-electron chi connectivity index (χ2n) is 0.594. The van der Waals surface area contributed by atoms with Gasteiger partial charge in [-0.2, -0.15) is 0 Å². The maximum Gasteiger partial charge on any atom is 0.440 e. The Kier molecular flexibility index (Phi) is 2.31. The molecule has 0 atom stereocenters. The number of aliphatic imine (C=N–C) groups is 1. The average Bonchev–Trinajstić information content (AvgIpc) is 1.61. The first kappa shape index (κ1) is 5.65. The van der Waals surface area contributed by atoms with E-state index in [1.165, 1.54) is 6.01 Å². The summed E-state index contributed by atoms with van der Waals surface area (Å²) in [6.45, 7) is 0. The fourth-order valence-corrected chi connectivity index (χ4v) is 0.0651. The lowest BCUT2D eigenvalue weighted by atomic mass is 11.2. The van der Waals surface area contributed by atoms with Crippen LogP contribution in [0.4, 0.5) is 4.79 Å². The molecule has 0 rings (SSSR count). The molecule has 0 aliphatic heterocycles. The zero-order valence-electron chi connectivity index (χ0n) is 3.20. The van der Waals surface area contributed by atoms with Crippen molar-refractivity contribution >= 4 is 12.1 Å². The highest BCUT2D eigenvalue weighted by atomic mass is 16.4. The normalized spacial score (nSPS) is 6.29. The van der Waals surface area contributed by atoms with Crippen molar-refractivity contribution in [2.45, 2.75) is 0 Å². The first-order valence-electron chi connectivity index (χ1n) is 1.30. The van der Waals surface area contributed by atoms with Gasteiger partial charge in [0.25, 0.3) is 0 Å². The van der Waals surface area contributed by atoms with Crippen LogP contribution in [0.25, 0.3) is 0 Å². The molecular formula is C2H2N2O3. The predicted molar refractivity (Wildman–Crippen MR) is 19.7 cm³/mol. The van der Waals surface area contributed by atoms with Gasteiger partial charge in [-0.05, 0) is 5.16 Å². The van der Waals surface area contributed by atoms with E-state index in [0.29, 0.717) is 0 Å². The van der Waals surface area contributed by atoms with E-state index in [1.54, 1.807) is 0 Å². The van der Waals surface area contributed by atoms with E-state index >= 15 is 0 Å². The van der Waals surface area contributed by atoms with E-state index in [4.69, 9.17) is 10.3 Å². The molecule has 0 saturated carbocycles. The molecule has 0 unspecified atom stereocenters. The van der Waals surface area contributed by atoms with Gasteiger partial charge in [-0.1, -0.05) is 0 Å². The number of hydrogen-bond donors (Lipinski definition) is 2. The lowest BCUT2D eigenvalue weighted by molar-refractivity contribution is 0.205. The Morgan fingerprint density at radius 3 is 2.43 bits per heavy atom. The van der Waals surface area contributed by atoms with E-state index in [9.17, 15) is 4.79 Å². The van der Waals surface area contributed by atoms with E-state index in [1.807, 2.05) is 0 Å². The van der Waals surface area contributed by atoms with Crippen LogP contribution >= 0.6 is 0 Å². The Balaban J connectivity index is 3.70. The van der Waals surface area contributed by atoms with Crippen LogP contribution in [0.3, 0.4) is 0 Å². The molecule has 0 fully saturated rings. The molecule has 0 spiro atoms. The topological polar surface area (TPSA) is 82.2 Å². The SMILES string of the molecule is O=C(O)N=C=NO. The van der Waals surface area contributed by atoms with Gasteiger partial charge in [0.15, 0.2) is 0 Å². The third-order valence-corrected chi connectivity index (χ3v) is 0.190. The molecule has 0 aromatic carbocycles. The van der Waals surface area contributed by atoms with Crippen molar-refractivity contribution in [1.82, 2.24) is 0 Å². The largest absolute Gasteiger partial charge is 0.463 e. The van der Waals surface area contributed by atoms with Gasteiger partial charge in [-0.25, -0.2) is 4.79 Å². The number of carboxylic acid groups (broad SMARTS) is 1. The van der Waals surface area contributed by atoms with Gasteiger partial charge in [0, 0.05) is 0 Å². The minimum absolute atomic E-state index is 1.43. The molecular weight excluding hydrogens is 100 g/mol. The molecule has 0 bridgehead atoms. The van der Waals surface area contributed by atoms with Crippen molar-refractivity contribution in [1.29, 1.82) is 0 Å². The summed E-state index contributed by atoms with van der Waals surface area (Å²) in [5.41, 5.74) is 0. The van der Waals surface area contributed by atoms with Crippen LogP contribution < -0.4 is 0 Å². The maximum absolute atomic E-state index is 9.36. The van der Waals surface area contributed by atoms with Gasteiger partial charge in [-0.15, -0.1) is 4.99 Å². The van der Waals surface area contributed by atoms with Crippen molar-refractivity contribution in [3.63, 3.8) is 0 Å². The highest BCUT2D eigenvalue weighted by molar-refractivity contribution is 5.72. The third kappa shape index (κ3) is 4.65. The van der Waals surface area contributed by atoms with Crippen LogP contribution in [0.15, 0.2) is 10.1 Å². The molecule has 0 heterocycles. The monoisotopic (exact) mass is 102 g/mol. The summed E-state index contributed by atoms with van der Waals surface area (Å²) in [5, 5.41) is 17.3. The molecule has 0 saturated heterocycles. The van der Waals surface area contributed by atoms with Crippen molar-refractivity contribution in [2.75, 3.05) is 0 Å². The van der Waals surface area contributed by atoms with Gasteiger partial charge in [0.2, 0.25) is 0 Å². The molecule has 5 nitrogen and oxygen atoms in total. The molecule has 0 aromatic heterocycles. The van der Waals surface area contributed by atoms with Gasteiger partial charge >= 0.3 is 6.09 Å². The first-order valence-corrected chi connectivity index (χ1v) is 1.30. The van der Waals surface area contributed by atoms with Crippen LogP contribution in [-0.2, 0) is 0 Å². The smallest absolute Gasteiger partial charge is 0.440 e. The lowest BCUT2D eigenvalue weighted by Gasteiger charge is -1.65. The zero-order chi connectivity index (χ0) is 5.70. The fourth-order valence-electron chi connectivity index (χ4n) is 0.0651. The second-order valence-corrected chi connectivity index (χ2v) is 0.594. The number of hydrogen-bond acceptors (Lipinski definition) is 3. The second kappa shape index (κ2) is 2.87. The Labute approximate surface area is 38.6 Å². The van der Waals surface area contributed by atoms with E-state index in [0.717, 1.165) is 0 Å². The van der Waals surface area contributed by atoms with Crippen molar-refractivity contribution in [2.24, 2.45) is 10.1 Å². The van der Waals surface area contributed by atoms with E-state index in [-0.39, 0.29) is 0 Å². The summed E-state index contributed by atoms with van der Waals surface area (Å²) >= 11 is 0. The Morgan fingerprint density at radius 1 is 1.71 bits per heavy atom. The molecule has 5 heteroatoms. The molecule has 0 aliphatic rings. The molecule has 38 valence electrons. The summed E-state index contributed by atoms with van der Waals surface area (Å²) in [4.78, 5) is 11.9. The molecule has 0 aromatic rings. The molecule has 2 N–H and O–H groups in total. The van der Waals surface area contributed by atoms with Crippen LogP contribution in [0, 0.1) is 0 Å². The molecule has 0 aliphatic carbocycles. The van der Waals surface area contributed by atoms with Crippen molar-refractivity contribution in [3.05, 3.63) is 0 Å². The molecule has 1 amide bonds. The number of carbonyl (C=O) groups is 1. The summed E-state index contributed by atoms with van der Waals surface area (Å²) in [7, 11) is 0. The highest BCUT2D eigenvalue weighted by Crippen LogP contribution is 1.62. The van der Waals surface area contributed by atoms with E-state index in [2.05, 4.69) is 10.1 Å². The first-order chi connectivity index (χ1) is 3.27. The lowest BCUT2D eigenvalue weighted by Crippen LogP contribution is -1.80. The summed E-state index contributed by atoms with van der Waals surface area (Å²) in [6, 6.07) is 1.45. The minimum Gasteiger partial charge on any atom is -0.463 e. The minimum atomic E-state index is -1.43. The number of rotatable bonds is 0. The number of nitrogens with zero attached hydrogens (tertiary/aromatic N) is 2. The quantitative estimate of drug-likeness (QED) is 0.261. The van der Waals surface area contributed by atoms with Crippen LogP contribution in [0.1, 0.15) is 0 Å². The van der Waals surface area contributed by atoms with E-state index < -0.39 is 6.09 Å². The highest BCUT2D eigenvalue weighted by Gasteiger charge is 1.80. The zero-order valence-corrected chi connectivity index (χ0v) is 3.20. The standard InChI is InChI=1S/C2H2N2O3/c5-2(6)3-1-4-7/h7H,(H,5,6). The van der Waals surface area contributed by atoms with Gasteiger partial charge in [-0.3, -0.25) is 0 Å². The maximum atomic E-state index is 9.36. The van der Waals surface area contributed by atoms with Gasteiger partial charge in [0.1, 0.15) is 6.01 Å². The number of amides is 1. The third-order valence-electron chi connectivity index (χ3n) is 0.190. The van der Waals surface area contributed by atoms with Crippen molar-refractivity contribution < 1.29 is 15.1 Å². The Morgan fingerprint density at radius 2 is 2.29 bits per heavy atom.